The Bertz CT molecular complexity index is 1180. The summed E-state index contributed by atoms with van der Waals surface area (Å²) < 4.78 is 6.09. The van der Waals surface area contributed by atoms with Crippen molar-refractivity contribution in [1.82, 2.24) is 4.90 Å². The number of nitrogens with zero attached hydrogens (tertiary/aromatic N) is 1. The number of fused-ring (bicyclic) bond motifs is 5. The predicted octanol–water partition coefficient (Wildman–Crippen LogP) is 10.7. The van der Waals surface area contributed by atoms with E-state index < -0.39 is 0 Å². The first kappa shape index (κ1) is 47.3. The average molecular weight is 771 g/mol. The summed E-state index contributed by atoms with van der Waals surface area (Å²) in [5, 5.41) is 0. The van der Waals surface area contributed by atoms with E-state index in [-0.39, 0.29) is 72.1 Å². The highest BCUT2D eigenvalue weighted by molar-refractivity contribution is 5.85. The van der Waals surface area contributed by atoms with Crippen LogP contribution >= 0.6 is 24.8 Å². The maximum Gasteiger partial charge on any atom is 0.306 e. The van der Waals surface area contributed by atoms with Gasteiger partial charge in [-0.3, -0.25) is 9.59 Å². The Morgan fingerprint density at radius 2 is 1.58 bits per heavy atom. The number of ether oxygens (including phenoxy) is 1. The molecule has 2 unspecified atom stereocenters. The summed E-state index contributed by atoms with van der Waals surface area (Å²) in [6.45, 7) is 24.2. The van der Waals surface area contributed by atoms with Crippen molar-refractivity contribution in [2.45, 2.75) is 189 Å². The number of hydrogen-bond donors (Lipinski definition) is 2. The number of halogens is 2. The predicted molar refractivity (Wildman–Crippen MR) is 223 cm³/mol. The van der Waals surface area contributed by atoms with Crippen LogP contribution in [0.5, 0.6) is 0 Å². The summed E-state index contributed by atoms with van der Waals surface area (Å²) in [5.74, 6) is 5.53. The summed E-state index contributed by atoms with van der Waals surface area (Å²) in [5.41, 5.74) is 14.1. The lowest BCUT2D eigenvalue weighted by atomic mass is 9.47. The van der Waals surface area contributed by atoms with Gasteiger partial charge in [0.15, 0.2) is 0 Å². The minimum atomic E-state index is -0.352. The third-order valence-electron chi connectivity index (χ3n) is 14.7. The van der Waals surface area contributed by atoms with Gasteiger partial charge in [-0.25, -0.2) is 0 Å². The van der Waals surface area contributed by atoms with Gasteiger partial charge in [-0.15, -0.1) is 24.8 Å². The van der Waals surface area contributed by atoms with Crippen molar-refractivity contribution in [3.05, 3.63) is 11.6 Å². The number of allylic oxidation sites excluding steroid dienone is 1. The van der Waals surface area contributed by atoms with Crippen LogP contribution in [0.1, 0.15) is 172 Å². The van der Waals surface area contributed by atoms with Crippen molar-refractivity contribution in [3.8, 4) is 0 Å². The lowest BCUT2D eigenvalue weighted by Gasteiger charge is -2.58. The van der Waals surface area contributed by atoms with Crippen LogP contribution in [-0.2, 0) is 14.3 Å². The van der Waals surface area contributed by atoms with Crippen molar-refractivity contribution in [1.29, 1.82) is 0 Å². The van der Waals surface area contributed by atoms with Gasteiger partial charge in [0.25, 0.3) is 0 Å². The smallest absolute Gasteiger partial charge is 0.306 e. The fourth-order valence-electron chi connectivity index (χ4n) is 11.5. The topological polar surface area (TPSA) is 98.7 Å². The van der Waals surface area contributed by atoms with Crippen molar-refractivity contribution in [2.75, 3.05) is 13.1 Å². The van der Waals surface area contributed by atoms with Gasteiger partial charge in [0.2, 0.25) is 5.91 Å². The molecule has 1 amide bonds. The van der Waals surface area contributed by atoms with Crippen LogP contribution in [0, 0.1) is 52.3 Å². The van der Waals surface area contributed by atoms with Crippen molar-refractivity contribution >= 4 is 36.7 Å². The summed E-state index contributed by atoms with van der Waals surface area (Å²) in [6, 6.07) is 0. The Labute approximate surface area is 332 Å². The van der Waals surface area contributed by atoms with E-state index in [0.717, 1.165) is 73.5 Å². The highest BCUT2D eigenvalue weighted by Crippen LogP contribution is 2.67. The Balaban J connectivity index is 0.00000468. The first-order chi connectivity index (χ1) is 23.3. The molecule has 9 atom stereocenters. The maximum absolute atomic E-state index is 13.3. The molecule has 3 fully saturated rings. The molecule has 0 aromatic rings. The summed E-state index contributed by atoms with van der Waals surface area (Å²) >= 11 is 0. The van der Waals surface area contributed by atoms with Crippen molar-refractivity contribution in [2.24, 2.45) is 63.7 Å². The molecule has 0 aromatic heterocycles. The van der Waals surface area contributed by atoms with Crippen LogP contribution in [-0.4, -0.2) is 47.0 Å². The number of amides is 1. The first-order valence-corrected chi connectivity index (χ1v) is 21.0. The van der Waals surface area contributed by atoms with Gasteiger partial charge in [0.1, 0.15) is 6.10 Å². The zero-order valence-electron chi connectivity index (χ0n) is 35.1. The Kier molecular flexibility index (Phi) is 17.6. The molecule has 6 nitrogen and oxygen atoms in total. The number of hydrogen-bond acceptors (Lipinski definition) is 5. The van der Waals surface area contributed by atoms with Gasteiger partial charge in [-0.05, 0) is 151 Å². The Morgan fingerprint density at radius 3 is 2.19 bits per heavy atom. The first-order valence-electron chi connectivity index (χ1n) is 21.0. The molecule has 3 saturated carbocycles. The number of esters is 1. The van der Waals surface area contributed by atoms with Gasteiger partial charge in [0, 0.05) is 37.0 Å². The number of carbonyl (C=O) groups is 2. The third kappa shape index (κ3) is 11.8. The highest BCUT2D eigenvalue weighted by Gasteiger charge is 2.59. The van der Waals surface area contributed by atoms with E-state index in [0.29, 0.717) is 24.9 Å². The summed E-state index contributed by atoms with van der Waals surface area (Å²) in [6.07, 6.45) is 19.0. The van der Waals surface area contributed by atoms with Crippen LogP contribution in [0.4, 0.5) is 0 Å². The minimum Gasteiger partial charge on any atom is -0.462 e. The van der Waals surface area contributed by atoms with E-state index in [4.69, 9.17) is 16.2 Å². The molecule has 0 radical (unpaired) electrons. The van der Waals surface area contributed by atoms with E-state index in [1.807, 2.05) is 32.6 Å². The molecule has 0 heterocycles. The number of nitrogens with two attached hydrogens (primary N) is 2. The van der Waals surface area contributed by atoms with E-state index in [9.17, 15) is 9.59 Å². The molecule has 4 rings (SSSR count). The fraction of sp³-hybridized carbons (Fsp3) is 0.909. The molecule has 0 aromatic carbocycles. The molecule has 304 valence electrons. The molecule has 0 saturated heterocycles. The van der Waals surface area contributed by atoms with Gasteiger partial charge < -0.3 is 21.1 Å². The normalized spacial score (nSPS) is 31.2. The summed E-state index contributed by atoms with van der Waals surface area (Å²) in [4.78, 5) is 28.2. The number of rotatable bonds is 17. The second-order valence-electron chi connectivity index (χ2n) is 20.0. The second kappa shape index (κ2) is 19.4. The van der Waals surface area contributed by atoms with Crippen LogP contribution in [0.15, 0.2) is 11.6 Å². The van der Waals surface area contributed by atoms with E-state index in [1.54, 1.807) is 5.57 Å². The highest BCUT2D eigenvalue weighted by atomic mass is 35.5. The zero-order chi connectivity index (χ0) is 37.1. The van der Waals surface area contributed by atoms with Crippen LogP contribution < -0.4 is 11.5 Å². The van der Waals surface area contributed by atoms with E-state index in [1.165, 1.54) is 51.4 Å². The standard InChI is InChI=1S/C44H79N3O3.2ClH/c1-11-32(30(2)3)14-13-31(4)36-17-18-37-35-16-15-33-29-34(21-24-43(33,9)38(35)22-25-44(36,37)10)50-40(49)20-19-39(48)47(28-26-42(7,8)46)27-12-23-41(5,6)45;;/h15,30-32,34-38H,11-14,16-29,45-46H2,1-10H3;2*1H/t31?,32?,34-,35-,36+,37-,38-,43-,44+;;/m0../s1. The van der Waals surface area contributed by atoms with E-state index in [2.05, 4.69) is 47.6 Å². The van der Waals surface area contributed by atoms with E-state index >= 15 is 0 Å². The SMILES string of the molecule is CCC(CCC(C)[C@H]1CC[C@H]2[C@@H]3CC=C4C[C@@H](OC(=O)CCC(=O)N(CCCC(C)(C)N)CCC(C)(C)N)CC[C@]4(C)[C@H]3CC[C@]12C)C(C)C.Cl.Cl. The third-order valence-corrected chi connectivity index (χ3v) is 14.7. The molecule has 0 spiro atoms. The Morgan fingerprint density at radius 1 is 0.904 bits per heavy atom. The van der Waals surface area contributed by atoms with Crippen molar-refractivity contribution < 1.29 is 14.3 Å². The van der Waals surface area contributed by atoms with Crippen LogP contribution in [0.3, 0.4) is 0 Å². The maximum atomic E-state index is 13.3. The quantitative estimate of drug-likeness (QED) is 0.113. The lowest BCUT2D eigenvalue weighted by molar-refractivity contribution is -0.153. The largest absolute Gasteiger partial charge is 0.462 e. The van der Waals surface area contributed by atoms with Gasteiger partial charge in [-0.2, -0.15) is 0 Å². The second-order valence-corrected chi connectivity index (χ2v) is 20.0. The molecule has 0 aliphatic heterocycles. The molecule has 8 heteroatoms. The zero-order valence-corrected chi connectivity index (χ0v) is 36.7. The monoisotopic (exact) mass is 770 g/mol. The molecular formula is C44H81Cl2N3O3. The van der Waals surface area contributed by atoms with Crippen LogP contribution in [0.25, 0.3) is 0 Å². The average Bonchev–Trinajstić information content (AvgIpc) is 3.38. The molecule has 4 aliphatic rings. The summed E-state index contributed by atoms with van der Waals surface area (Å²) in [7, 11) is 0. The van der Waals surface area contributed by atoms with Gasteiger partial charge in [-0.1, -0.05) is 66.0 Å². The molecule has 0 bridgehead atoms. The molecule has 52 heavy (non-hydrogen) atoms. The number of carbonyl (C=O) groups excluding carboxylic acids is 2. The van der Waals surface area contributed by atoms with Crippen LogP contribution in [0.2, 0.25) is 0 Å². The molecule has 4 N–H and O–H groups in total. The molecule has 4 aliphatic carbocycles. The molecular weight excluding hydrogens is 689 g/mol. The fourth-order valence-corrected chi connectivity index (χ4v) is 11.5. The van der Waals surface area contributed by atoms with Crippen molar-refractivity contribution in [3.63, 3.8) is 0 Å². The van der Waals surface area contributed by atoms with Gasteiger partial charge in [0.05, 0.1) is 6.42 Å². The minimum absolute atomic E-state index is 0. The Hall–Kier alpha value is -0.820. The van der Waals surface area contributed by atoms with Gasteiger partial charge >= 0.3 is 5.97 Å². The lowest BCUT2D eigenvalue weighted by Crippen LogP contribution is -2.51.